The van der Waals surface area contributed by atoms with E-state index in [0.717, 1.165) is 6.07 Å². The summed E-state index contributed by atoms with van der Waals surface area (Å²) in [4.78, 5) is 3.83. The first-order valence-electron chi connectivity index (χ1n) is 3.99. The quantitative estimate of drug-likeness (QED) is 0.784. The summed E-state index contributed by atoms with van der Waals surface area (Å²) in [6, 6.07) is 2.81. The Kier molecular flexibility index (Phi) is 3.10. The first-order chi connectivity index (χ1) is 6.60. The summed E-state index contributed by atoms with van der Waals surface area (Å²) >= 11 is 0. The van der Waals surface area contributed by atoms with Crippen LogP contribution >= 0.6 is 0 Å². The number of nitriles is 1. The fourth-order valence-electron chi connectivity index (χ4n) is 1.24. The van der Waals surface area contributed by atoms with E-state index in [-0.39, 0.29) is 17.8 Å². The summed E-state index contributed by atoms with van der Waals surface area (Å²) < 4.78 is 25.0. The highest BCUT2D eigenvalue weighted by molar-refractivity contribution is 5.37. The van der Waals surface area contributed by atoms with Crippen molar-refractivity contribution in [3.8, 4) is 6.07 Å². The molecule has 0 aliphatic rings. The van der Waals surface area contributed by atoms with Crippen LogP contribution in [0.2, 0.25) is 0 Å². The van der Waals surface area contributed by atoms with Crippen molar-refractivity contribution in [1.29, 1.82) is 5.26 Å². The first-order valence-corrected chi connectivity index (χ1v) is 3.99. The summed E-state index contributed by atoms with van der Waals surface area (Å²) in [6.45, 7) is 1.57. The number of nitrogens with zero attached hydrogens (tertiary/aromatic N) is 2. The van der Waals surface area contributed by atoms with Crippen LogP contribution in [-0.4, -0.2) is 4.98 Å². The second-order valence-corrected chi connectivity index (χ2v) is 2.78. The van der Waals surface area contributed by atoms with Crippen molar-refractivity contribution >= 4 is 0 Å². The van der Waals surface area contributed by atoms with Crippen LogP contribution in [0.3, 0.4) is 0 Å². The van der Waals surface area contributed by atoms with Gasteiger partial charge in [0.1, 0.15) is 11.8 Å². The van der Waals surface area contributed by atoms with Crippen LogP contribution in [0.25, 0.3) is 0 Å². The smallest absolute Gasteiger partial charge is 0.264 e. The monoisotopic (exact) mass is 197 g/mol. The van der Waals surface area contributed by atoms with E-state index in [4.69, 9.17) is 11.0 Å². The molecule has 0 bridgehead atoms. The summed E-state index contributed by atoms with van der Waals surface area (Å²) in [5.74, 6) is 0. The molecule has 0 unspecified atom stereocenters. The lowest BCUT2D eigenvalue weighted by Crippen LogP contribution is -2.07. The number of nitrogens with two attached hydrogens (primary N) is 1. The normalized spacial score (nSPS) is 10.3. The van der Waals surface area contributed by atoms with Crippen LogP contribution in [0.1, 0.15) is 28.9 Å². The van der Waals surface area contributed by atoms with E-state index >= 15 is 0 Å². The molecule has 1 rings (SSSR count). The van der Waals surface area contributed by atoms with Crippen LogP contribution in [0.4, 0.5) is 8.78 Å². The molecule has 0 amide bonds. The molecule has 0 aliphatic carbocycles. The highest BCUT2D eigenvalue weighted by Gasteiger charge is 2.16. The third-order valence-electron chi connectivity index (χ3n) is 1.92. The molecule has 0 aliphatic heterocycles. The van der Waals surface area contributed by atoms with Crippen molar-refractivity contribution in [2.24, 2.45) is 5.73 Å². The van der Waals surface area contributed by atoms with Crippen molar-refractivity contribution in [3.63, 3.8) is 0 Å². The molecule has 1 heterocycles. The molecular weight excluding hydrogens is 188 g/mol. The molecular formula is C9H9F2N3. The van der Waals surface area contributed by atoms with Gasteiger partial charge in [0.25, 0.3) is 6.43 Å². The van der Waals surface area contributed by atoms with E-state index in [1.165, 1.54) is 0 Å². The van der Waals surface area contributed by atoms with Crippen LogP contribution in [0.15, 0.2) is 6.07 Å². The number of aryl methyl sites for hydroxylation is 1. The minimum absolute atomic E-state index is 0.00418. The van der Waals surface area contributed by atoms with Gasteiger partial charge in [-0.15, -0.1) is 0 Å². The Bertz CT molecular complexity index is 382. The zero-order chi connectivity index (χ0) is 10.7. The van der Waals surface area contributed by atoms with Gasteiger partial charge in [0, 0.05) is 17.8 Å². The molecule has 74 valence electrons. The molecule has 1 aromatic heterocycles. The van der Waals surface area contributed by atoms with Gasteiger partial charge in [-0.25, -0.2) is 13.8 Å². The summed E-state index contributed by atoms with van der Waals surface area (Å²) in [6.07, 6.45) is -2.62. The molecule has 14 heavy (non-hydrogen) atoms. The number of hydrogen-bond acceptors (Lipinski definition) is 3. The van der Waals surface area contributed by atoms with Crippen LogP contribution in [0, 0.1) is 18.3 Å². The molecule has 1 aromatic rings. The molecule has 5 heteroatoms. The zero-order valence-electron chi connectivity index (χ0n) is 7.59. The van der Waals surface area contributed by atoms with E-state index in [1.54, 1.807) is 13.0 Å². The number of halogens is 2. The lowest BCUT2D eigenvalue weighted by Gasteiger charge is -2.09. The maximum absolute atomic E-state index is 12.5. The lowest BCUT2D eigenvalue weighted by atomic mass is 10.1. The maximum atomic E-state index is 12.5. The van der Waals surface area contributed by atoms with Gasteiger partial charge in [-0.3, -0.25) is 0 Å². The third-order valence-corrected chi connectivity index (χ3v) is 1.92. The Morgan fingerprint density at radius 3 is 2.71 bits per heavy atom. The highest BCUT2D eigenvalue weighted by atomic mass is 19.3. The van der Waals surface area contributed by atoms with E-state index in [9.17, 15) is 8.78 Å². The largest absolute Gasteiger partial charge is 0.326 e. The van der Waals surface area contributed by atoms with Gasteiger partial charge in [-0.1, -0.05) is 0 Å². The number of aromatic nitrogens is 1. The van der Waals surface area contributed by atoms with Crippen molar-refractivity contribution in [2.45, 2.75) is 19.9 Å². The molecule has 0 aromatic carbocycles. The van der Waals surface area contributed by atoms with Crippen LogP contribution < -0.4 is 5.73 Å². The molecule has 0 fully saturated rings. The number of pyridine rings is 1. The van der Waals surface area contributed by atoms with Crippen LogP contribution in [0.5, 0.6) is 0 Å². The van der Waals surface area contributed by atoms with Crippen molar-refractivity contribution < 1.29 is 8.78 Å². The molecule has 0 spiro atoms. The molecule has 0 radical (unpaired) electrons. The highest BCUT2D eigenvalue weighted by Crippen LogP contribution is 2.24. The Balaban J connectivity index is 3.37. The summed E-state index contributed by atoms with van der Waals surface area (Å²) in [5, 5.41) is 8.54. The van der Waals surface area contributed by atoms with Gasteiger partial charge >= 0.3 is 0 Å². The second-order valence-electron chi connectivity index (χ2n) is 2.78. The van der Waals surface area contributed by atoms with E-state index in [1.807, 2.05) is 0 Å². The molecule has 0 atom stereocenters. The Morgan fingerprint density at radius 2 is 2.29 bits per heavy atom. The Labute approximate surface area is 80.2 Å². The maximum Gasteiger partial charge on any atom is 0.264 e. The number of rotatable bonds is 2. The van der Waals surface area contributed by atoms with Crippen molar-refractivity contribution in [2.75, 3.05) is 0 Å². The third kappa shape index (κ3) is 1.86. The number of hydrogen-bond donors (Lipinski definition) is 1. The van der Waals surface area contributed by atoms with Crippen molar-refractivity contribution in [3.05, 3.63) is 28.6 Å². The van der Waals surface area contributed by atoms with Gasteiger partial charge in [0.15, 0.2) is 0 Å². The molecule has 0 saturated carbocycles. The van der Waals surface area contributed by atoms with E-state index in [2.05, 4.69) is 4.98 Å². The predicted octanol–water partition coefficient (Wildman–Crippen LogP) is 1.66. The summed E-state index contributed by atoms with van der Waals surface area (Å²) in [5.41, 5.74) is 5.83. The fourth-order valence-corrected chi connectivity index (χ4v) is 1.24. The van der Waals surface area contributed by atoms with Crippen molar-refractivity contribution in [1.82, 2.24) is 4.98 Å². The van der Waals surface area contributed by atoms with E-state index in [0.29, 0.717) is 11.3 Å². The van der Waals surface area contributed by atoms with Gasteiger partial charge in [0.05, 0.1) is 0 Å². The average molecular weight is 197 g/mol. The molecule has 2 N–H and O–H groups in total. The lowest BCUT2D eigenvalue weighted by molar-refractivity contribution is 0.150. The average Bonchev–Trinajstić information content (AvgIpc) is 2.16. The minimum Gasteiger partial charge on any atom is -0.326 e. The minimum atomic E-state index is -2.62. The Hall–Kier alpha value is -1.54. The van der Waals surface area contributed by atoms with E-state index < -0.39 is 6.43 Å². The topological polar surface area (TPSA) is 62.7 Å². The first kappa shape index (κ1) is 10.5. The predicted molar refractivity (Wildman–Crippen MR) is 46.5 cm³/mol. The number of alkyl halides is 2. The van der Waals surface area contributed by atoms with Gasteiger partial charge in [-0.05, 0) is 18.6 Å². The molecule has 3 nitrogen and oxygen atoms in total. The second kappa shape index (κ2) is 4.11. The van der Waals surface area contributed by atoms with Crippen LogP contribution in [-0.2, 0) is 6.54 Å². The fraction of sp³-hybridized carbons (Fsp3) is 0.333. The van der Waals surface area contributed by atoms with Gasteiger partial charge in [0.2, 0.25) is 0 Å². The Morgan fingerprint density at radius 1 is 1.64 bits per heavy atom. The molecule has 0 saturated heterocycles. The standard InChI is InChI=1S/C9H9F2N3/c1-5-8(4-13)7(9(10)11)2-6(3-12)14-5/h2,9H,4,13H2,1H3. The SMILES string of the molecule is Cc1nc(C#N)cc(C(F)F)c1CN. The van der Waals surface area contributed by atoms with Gasteiger partial charge < -0.3 is 5.73 Å². The summed E-state index contributed by atoms with van der Waals surface area (Å²) in [7, 11) is 0. The zero-order valence-corrected chi connectivity index (χ0v) is 7.59. The van der Waals surface area contributed by atoms with Gasteiger partial charge in [-0.2, -0.15) is 5.26 Å².